The first kappa shape index (κ1) is 13.2. The molecule has 94 valence electrons. The summed E-state index contributed by atoms with van der Waals surface area (Å²) in [5, 5.41) is 9.68. The molecule has 0 radical (unpaired) electrons. The molecule has 2 aromatic rings. The molecule has 2 rings (SSSR count). The van der Waals surface area contributed by atoms with E-state index >= 15 is 0 Å². The molecule has 0 bridgehead atoms. The molecule has 5 heteroatoms. The monoisotopic (exact) mass is 278 g/mol. The van der Waals surface area contributed by atoms with Gasteiger partial charge in [-0.25, -0.2) is 4.98 Å². The van der Waals surface area contributed by atoms with Crippen LogP contribution in [0.15, 0.2) is 29.7 Å². The number of imidazole rings is 1. The van der Waals surface area contributed by atoms with Crippen molar-refractivity contribution in [1.29, 1.82) is 0 Å². The van der Waals surface area contributed by atoms with Gasteiger partial charge in [0, 0.05) is 36.5 Å². The van der Waals surface area contributed by atoms with Gasteiger partial charge in [0.25, 0.3) is 0 Å². The second-order valence-electron chi connectivity index (χ2n) is 3.65. The van der Waals surface area contributed by atoms with Crippen molar-refractivity contribution in [2.75, 3.05) is 6.61 Å². The number of thiophene rings is 1. The summed E-state index contributed by atoms with van der Waals surface area (Å²) in [6.45, 7) is 0.125. The minimum absolute atomic E-state index is 0.125. The van der Waals surface area contributed by atoms with E-state index in [9.17, 15) is 0 Å². The van der Waals surface area contributed by atoms with Gasteiger partial charge in [0.05, 0.1) is 11.5 Å². The van der Waals surface area contributed by atoms with Gasteiger partial charge >= 0.3 is 0 Å². The van der Waals surface area contributed by atoms with Crippen LogP contribution in [0.2, 0.25) is 0 Å². The Kier molecular flexibility index (Phi) is 4.88. The number of rotatable bonds is 4. The van der Waals surface area contributed by atoms with Crippen molar-refractivity contribution in [2.45, 2.75) is 17.3 Å². The Balaban J connectivity index is 1.91. The number of aliphatic hydroxyl groups is 1. The lowest BCUT2D eigenvalue weighted by molar-refractivity contribution is 0.305. The standard InChI is InChI=1S/C13H14N2OS2/c1-15-8-7-14-13(15)17-10-12-6-5-11(18-12)4-2-3-9-16/h5-8,16H,3,9-10H2,1H3. The highest BCUT2D eigenvalue weighted by atomic mass is 32.2. The van der Waals surface area contributed by atoms with Gasteiger partial charge in [0.1, 0.15) is 0 Å². The van der Waals surface area contributed by atoms with Crippen molar-refractivity contribution in [3.05, 3.63) is 34.3 Å². The van der Waals surface area contributed by atoms with E-state index in [1.807, 2.05) is 30.1 Å². The van der Waals surface area contributed by atoms with E-state index in [4.69, 9.17) is 5.11 Å². The first-order chi connectivity index (χ1) is 8.79. The largest absolute Gasteiger partial charge is 0.395 e. The maximum Gasteiger partial charge on any atom is 0.168 e. The predicted octanol–water partition coefficient (Wildman–Crippen LogP) is 2.51. The molecule has 0 aliphatic heterocycles. The minimum atomic E-state index is 0.125. The third-order valence-corrected chi connectivity index (χ3v) is 4.52. The summed E-state index contributed by atoms with van der Waals surface area (Å²) < 4.78 is 2.01. The van der Waals surface area contributed by atoms with E-state index in [0.717, 1.165) is 15.8 Å². The van der Waals surface area contributed by atoms with E-state index in [-0.39, 0.29) is 6.61 Å². The smallest absolute Gasteiger partial charge is 0.168 e. The Morgan fingerprint density at radius 3 is 3.11 bits per heavy atom. The summed E-state index contributed by atoms with van der Waals surface area (Å²) in [5.74, 6) is 6.89. The topological polar surface area (TPSA) is 38.0 Å². The summed E-state index contributed by atoms with van der Waals surface area (Å²) in [5.41, 5.74) is 0. The van der Waals surface area contributed by atoms with Crippen molar-refractivity contribution >= 4 is 23.1 Å². The van der Waals surface area contributed by atoms with Gasteiger partial charge in [-0.05, 0) is 12.1 Å². The Morgan fingerprint density at radius 2 is 2.39 bits per heavy atom. The number of aryl methyl sites for hydroxylation is 1. The summed E-state index contributed by atoms with van der Waals surface area (Å²) in [6, 6.07) is 4.13. The lowest BCUT2D eigenvalue weighted by Crippen LogP contribution is -1.88. The van der Waals surface area contributed by atoms with E-state index < -0.39 is 0 Å². The Labute approximate surface area is 115 Å². The molecule has 0 aliphatic carbocycles. The molecule has 3 nitrogen and oxygen atoms in total. The van der Waals surface area contributed by atoms with Crippen LogP contribution in [0, 0.1) is 11.8 Å². The highest BCUT2D eigenvalue weighted by molar-refractivity contribution is 7.98. The van der Waals surface area contributed by atoms with Gasteiger partial charge in [-0.15, -0.1) is 11.3 Å². The minimum Gasteiger partial charge on any atom is -0.395 e. The summed E-state index contributed by atoms with van der Waals surface area (Å²) in [6.07, 6.45) is 4.29. The average molecular weight is 278 g/mol. The second kappa shape index (κ2) is 6.64. The van der Waals surface area contributed by atoms with Gasteiger partial charge in [-0.1, -0.05) is 23.6 Å². The lowest BCUT2D eigenvalue weighted by atomic mass is 10.4. The number of hydrogen-bond acceptors (Lipinski definition) is 4. The van der Waals surface area contributed by atoms with Gasteiger partial charge < -0.3 is 9.67 Å². The number of aliphatic hydroxyl groups excluding tert-OH is 1. The molecule has 0 fully saturated rings. The Morgan fingerprint density at radius 1 is 1.50 bits per heavy atom. The number of hydrogen-bond donors (Lipinski definition) is 1. The van der Waals surface area contributed by atoms with E-state index in [1.54, 1.807) is 23.1 Å². The third kappa shape index (κ3) is 3.64. The SMILES string of the molecule is Cn1ccnc1SCc1ccc(C#CCCO)s1. The van der Waals surface area contributed by atoms with Gasteiger partial charge in [-0.3, -0.25) is 0 Å². The van der Waals surface area contributed by atoms with Crippen LogP contribution in [0.5, 0.6) is 0 Å². The van der Waals surface area contributed by atoms with Crippen LogP contribution in [0.1, 0.15) is 16.2 Å². The molecule has 2 heterocycles. The molecule has 0 unspecified atom stereocenters. The van der Waals surface area contributed by atoms with Crippen LogP contribution >= 0.6 is 23.1 Å². The molecule has 0 saturated heterocycles. The predicted molar refractivity (Wildman–Crippen MR) is 75.7 cm³/mol. The van der Waals surface area contributed by atoms with Crippen LogP contribution in [-0.4, -0.2) is 21.3 Å². The Bertz CT molecular complexity index is 563. The molecular weight excluding hydrogens is 264 g/mol. The molecule has 0 aliphatic rings. The van der Waals surface area contributed by atoms with Gasteiger partial charge in [0.2, 0.25) is 0 Å². The van der Waals surface area contributed by atoms with Crippen molar-refractivity contribution in [3.63, 3.8) is 0 Å². The van der Waals surface area contributed by atoms with Gasteiger partial charge in [0.15, 0.2) is 5.16 Å². The van der Waals surface area contributed by atoms with E-state index in [1.165, 1.54) is 4.88 Å². The molecule has 0 spiro atoms. The average Bonchev–Trinajstić information content (AvgIpc) is 2.96. The molecule has 0 amide bonds. The van der Waals surface area contributed by atoms with Gasteiger partial charge in [-0.2, -0.15) is 0 Å². The molecule has 18 heavy (non-hydrogen) atoms. The fourth-order valence-corrected chi connectivity index (χ4v) is 3.21. The second-order valence-corrected chi connectivity index (χ2v) is 5.76. The molecule has 2 aromatic heterocycles. The first-order valence-electron chi connectivity index (χ1n) is 5.58. The van der Waals surface area contributed by atoms with Crippen LogP contribution in [0.4, 0.5) is 0 Å². The molecular formula is C13H14N2OS2. The van der Waals surface area contributed by atoms with Crippen molar-refractivity contribution < 1.29 is 5.11 Å². The third-order valence-electron chi connectivity index (χ3n) is 2.23. The molecule has 0 saturated carbocycles. The normalized spacial score (nSPS) is 10.1. The highest BCUT2D eigenvalue weighted by Gasteiger charge is 2.03. The number of nitrogens with zero attached hydrogens (tertiary/aromatic N) is 2. The number of aromatic nitrogens is 2. The van der Waals surface area contributed by atoms with Crippen molar-refractivity contribution in [2.24, 2.45) is 7.05 Å². The zero-order valence-corrected chi connectivity index (χ0v) is 11.7. The maximum absolute atomic E-state index is 8.65. The summed E-state index contributed by atoms with van der Waals surface area (Å²) >= 11 is 3.42. The fourth-order valence-electron chi connectivity index (χ4n) is 1.35. The van der Waals surface area contributed by atoms with E-state index in [2.05, 4.69) is 22.9 Å². The zero-order chi connectivity index (χ0) is 12.8. The molecule has 0 aromatic carbocycles. The maximum atomic E-state index is 8.65. The van der Waals surface area contributed by atoms with Crippen molar-refractivity contribution in [1.82, 2.24) is 9.55 Å². The summed E-state index contributed by atoms with van der Waals surface area (Å²) in [7, 11) is 2.00. The molecule has 0 atom stereocenters. The van der Waals surface area contributed by atoms with Crippen LogP contribution < -0.4 is 0 Å². The van der Waals surface area contributed by atoms with Crippen molar-refractivity contribution in [3.8, 4) is 11.8 Å². The fraction of sp³-hybridized carbons (Fsp3) is 0.308. The summed E-state index contributed by atoms with van der Waals surface area (Å²) in [4.78, 5) is 6.62. The quantitative estimate of drug-likeness (QED) is 0.690. The van der Waals surface area contributed by atoms with Crippen LogP contribution in [0.25, 0.3) is 0 Å². The van der Waals surface area contributed by atoms with E-state index in [0.29, 0.717) is 6.42 Å². The lowest BCUT2D eigenvalue weighted by Gasteiger charge is -1.98. The van der Waals surface area contributed by atoms with Crippen LogP contribution in [0.3, 0.4) is 0 Å². The highest BCUT2D eigenvalue weighted by Crippen LogP contribution is 2.25. The number of thioether (sulfide) groups is 1. The molecule has 1 N–H and O–H groups in total. The first-order valence-corrected chi connectivity index (χ1v) is 7.38. The van der Waals surface area contributed by atoms with Crippen LogP contribution in [-0.2, 0) is 12.8 Å². The zero-order valence-electron chi connectivity index (χ0n) is 10.1. The Hall–Kier alpha value is -1.22.